The Balaban J connectivity index is 2.14. The molecule has 1 N–H and O–H groups in total. The van der Waals surface area contributed by atoms with Crippen molar-refractivity contribution in [2.75, 3.05) is 12.4 Å². The Morgan fingerprint density at radius 1 is 1.47 bits per heavy atom. The first kappa shape index (κ1) is 14.1. The molecular formula is C13H19N3O2S. The first-order valence-corrected chi connectivity index (χ1v) is 7.47. The van der Waals surface area contributed by atoms with Crippen molar-refractivity contribution in [3.05, 3.63) is 22.2 Å². The summed E-state index contributed by atoms with van der Waals surface area (Å²) in [6, 6.07) is 3.04. The van der Waals surface area contributed by atoms with E-state index in [4.69, 9.17) is 0 Å². The third-order valence-corrected chi connectivity index (χ3v) is 4.64. The van der Waals surface area contributed by atoms with Crippen molar-refractivity contribution in [3.63, 3.8) is 0 Å². The second-order valence-corrected chi connectivity index (χ2v) is 6.39. The number of thioether (sulfide) groups is 1. The van der Waals surface area contributed by atoms with E-state index in [0.717, 1.165) is 10.9 Å². The fourth-order valence-electron chi connectivity index (χ4n) is 2.44. The highest BCUT2D eigenvalue weighted by Gasteiger charge is 2.21. The van der Waals surface area contributed by atoms with Gasteiger partial charge in [-0.2, -0.15) is 0 Å². The molecule has 2 unspecified atom stereocenters. The third-order valence-electron chi connectivity index (χ3n) is 3.43. The van der Waals surface area contributed by atoms with E-state index >= 15 is 0 Å². The Labute approximate surface area is 117 Å². The molecule has 104 valence electrons. The minimum atomic E-state index is -0.365. The summed E-state index contributed by atoms with van der Waals surface area (Å²) in [5.41, 5.74) is 0.103. The molecule has 1 aromatic heterocycles. The predicted molar refractivity (Wildman–Crippen MR) is 77.7 cm³/mol. The highest BCUT2D eigenvalue weighted by molar-refractivity contribution is 7.99. The van der Waals surface area contributed by atoms with Crippen LogP contribution in [0.15, 0.2) is 17.2 Å². The van der Waals surface area contributed by atoms with Crippen molar-refractivity contribution in [1.82, 2.24) is 4.98 Å². The molecule has 1 aliphatic rings. The van der Waals surface area contributed by atoms with Crippen molar-refractivity contribution < 1.29 is 4.92 Å². The van der Waals surface area contributed by atoms with E-state index in [2.05, 4.69) is 17.2 Å². The molecule has 0 saturated heterocycles. The van der Waals surface area contributed by atoms with Gasteiger partial charge >= 0.3 is 0 Å². The Morgan fingerprint density at radius 2 is 2.26 bits per heavy atom. The molecule has 1 fully saturated rings. The smallest absolute Gasteiger partial charge is 0.275 e. The lowest BCUT2D eigenvalue weighted by Crippen LogP contribution is -2.15. The maximum Gasteiger partial charge on any atom is 0.275 e. The van der Waals surface area contributed by atoms with Gasteiger partial charge in [0.2, 0.25) is 0 Å². The summed E-state index contributed by atoms with van der Waals surface area (Å²) >= 11 is 1.67. The van der Waals surface area contributed by atoms with Gasteiger partial charge in [0.1, 0.15) is 10.8 Å². The number of nitro groups is 1. The molecule has 6 heteroatoms. The second kappa shape index (κ2) is 6.23. The minimum absolute atomic E-state index is 0.103. The third kappa shape index (κ3) is 3.83. The summed E-state index contributed by atoms with van der Waals surface area (Å²) in [7, 11) is 1.73. The van der Waals surface area contributed by atoms with Gasteiger partial charge in [-0.15, -0.1) is 11.8 Å². The summed E-state index contributed by atoms with van der Waals surface area (Å²) in [5.74, 6) is 1.30. The summed E-state index contributed by atoms with van der Waals surface area (Å²) in [5, 5.41) is 15.1. The SMILES string of the molecule is CNc1cc([N+](=O)[O-])cc(SC2CCCC(C)C2)n1. The molecule has 0 aliphatic heterocycles. The molecule has 0 spiro atoms. The normalized spacial score (nSPS) is 23.1. The molecule has 2 rings (SSSR count). The highest BCUT2D eigenvalue weighted by Crippen LogP contribution is 2.36. The fourth-order valence-corrected chi connectivity index (χ4v) is 3.83. The van der Waals surface area contributed by atoms with Crippen LogP contribution in [0, 0.1) is 16.0 Å². The Morgan fingerprint density at radius 3 is 2.89 bits per heavy atom. The average Bonchev–Trinajstić information content (AvgIpc) is 2.38. The predicted octanol–water partition coefficient (Wildman–Crippen LogP) is 3.70. The second-order valence-electron chi connectivity index (χ2n) is 5.07. The molecule has 1 saturated carbocycles. The molecule has 1 heterocycles. The first-order chi connectivity index (χ1) is 9.08. The van der Waals surface area contributed by atoms with Crippen LogP contribution in [0.1, 0.15) is 32.6 Å². The Kier molecular flexibility index (Phi) is 4.63. The van der Waals surface area contributed by atoms with E-state index in [0.29, 0.717) is 11.1 Å². The highest BCUT2D eigenvalue weighted by atomic mass is 32.2. The largest absolute Gasteiger partial charge is 0.373 e. The van der Waals surface area contributed by atoms with Crippen LogP contribution in [0.4, 0.5) is 11.5 Å². The molecule has 0 radical (unpaired) electrons. The van der Waals surface area contributed by atoms with E-state index < -0.39 is 0 Å². The van der Waals surface area contributed by atoms with Gasteiger partial charge in [-0.3, -0.25) is 10.1 Å². The van der Waals surface area contributed by atoms with E-state index in [9.17, 15) is 10.1 Å². The molecule has 2 atom stereocenters. The number of nitrogens with one attached hydrogen (secondary N) is 1. The fraction of sp³-hybridized carbons (Fsp3) is 0.615. The van der Waals surface area contributed by atoms with Crippen LogP contribution in [0.3, 0.4) is 0 Å². The molecule has 5 nitrogen and oxygen atoms in total. The summed E-state index contributed by atoms with van der Waals surface area (Å²) in [6.45, 7) is 2.27. The van der Waals surface area contributed by atoms with Gasteiger partial charge in [0.05, 0.1) is 11.0 Å². The molecule has 0 aromatic carbocycles. The standard InChI is InChI=1S/C13H19N3O2S/c1-9-4-3-5-11(6-9)19-13-8-10(16(17)18)7-12(14-2)15-13/h7-9,11H,3-6H2,1-2H3,(H,14,15). The van der Waals surface area contributed by atoms with E-state index in [-0.39, 0.29) is 10.6 Å². The van der Waals surface area contributed by atoms with Crippen LogP contribution in [-0.4, -0.2) is 22.2 Å². The first-order valence-electron chi connectivity index (χ1n) is 6.59. The number of aromatic nitrogens is 1. The molecule has 0 bridgehead atoms. The van der Waals surface area contributed by atoms with Crippen molar-refractivity contribution in [2.24, 2.45) is 5.92 Å². The van der Waals surface area contributed by atoms with E-state index in [1.54, 1.807) is 24.9 Å². The van der Waals surface area contributed by atoms with Crippen molar-refractivity contribution >= 4 is 23.3 Å². The maximum atomic E-state index is 10.9. The molecule has 0 amide bonds. The number of pyridine rings is 1. The van der Waals surface area contributed by atoms with Gasteiger partial charge < -0.3 is 5.32 Å². The zero-order chi connectivity index (χ0) is 13.8. The quantitative estimate of drug-likeness (QED) is 0.673. The monoisotopic (exact) mass is 281 g/mol. The van der Waals surface area contributed by atoms with Crippen LogP contribution in [0.2, 0.25) is 0 Å². The van der Waals surface area contributed by atoms with Crippen molar-refractivity contribution in [3.8, 4) is 0 Å². The Bertz CT molecular complexity index is 467. The zero-order valence-corrected chi connectivity index (χ0v) is 12.1. The zero-order valence-electron chi connectivity index (χ0n) is 11.3. The van der Waals surface area contributed by atoms with Crippen molar-refractivity contribution in [1.29, 1.82) is 0 Å². The van der Waals surface area contributed by atoms with Crippen LogP contribution < -0.4 is 5.32 Å². The molecular weight excluding hydrogens is 262 g/mol. The van der Waals surface area contributed by atoms with Gasteiger partial charge in [-0.1, -0.05) is 19.8 Å². The van der Waals surface area contributed by atoms with Gasteiger partial charge in [0.25, 0.3) is 5.69 Å². The van der Waals surface area contributed by atoms with Gasteiger partial charge in [-0.05, 0) is 18.8 Å². The van der Waals surface area contributed by atoms with Crippen LogP contribution in [0.25, 0.3) is 0 Å². The van der Waals surface area contributed by atoms with E-state index in [1.807, 2.05) is 0 Å². The lowest BCUT2D eigenvalue weighted by atomic mass is 9.91. The topological polar surface area (TPSA) is 68.1 Å². The van der Waals surface area contributed by atoms with Gasteiger partial charge in [-0.25, -0.2) is 4.98 Å². The average molecular weight is 281 g/mol. The summed E-state index contributed by atoms with van der Waals surface area (Å²) in [4.78, 5) is 14.9. The number of hydrogen-bond donors (Lipinski definition) is 1. The summed E-state index contributed by atoms with van der Waals surface area (Å²) < 4.78 is 0. The lowest BCUT2D eigenvalue weighted by Gasteiger charge is -2.25. The van der Waals surface area contributed by atoms with Crippen molar-refractivity contribution in [2.45, 2.75) is 42.9 Å². The molecule has 1 aromatic rings. The van der Waals surface area contributed by atoms with Gasteiger partial charge in [0, 0.05) is 18.4 Å². The number of nitrogens with zero attached hydrogens (tertiary/aromatic N) is 2. The Hall–Kier alpha value is -1.30. The van der Waals surface area contributed by atoms with Crippen LogP contribution >= 0.6 is 11.8 Å². The van der Waals surface area contributed by atoms with Gasteiger partial charge in [0.15, 0.2) is 0 Å². The molecule has 19 heavy (non-hydrogen) atoms. The van der Waals surface area contributed by atoms with E-state index in [1.165, 1.54) is 31.7 Å². The molecule has 1 aliphatic carbocycles. The minimum Gasteiger partial charge on any atom is -0.373 e. The number of anilines is 1. The number of rotatable bonds is 4. The van der Waals surface area contributed by atoms with Crippen LogP contribution in [0.5, 0.6) is 0 Å². The lowest BCUT2D eigenvalue weighted by molar-refractivity contribution is -0.385. The van der Waals surface area contributed by atoms with Crippen LogP contribution in [-0.2, 0) is 0 Å². The number of hydrogen-bond acceptors (Lipinski definition) is 5. The summed E-state index contributed by atoms with van der Waals surface area (Å²) in [6.07, 6.45) is 4.88. The maximum absolute atomic E-state index is 10.9.